The standard InChI is InChI=1S/C7H12F3IO2SSi/c1-15(2,3)6(11)4-5-14(12,13)7(8,9)10/h4H,5H2,1-3H3/b6-4+. The topological polar surface area (TPSA) is 34.1 Å². The Labute approximate surface area is 102 Å². The third-order valence-corrected chi connectivity index (χ3v) is 9.79. The molecule has 0 N–H and O–H groups in total. The molecular formula is C7H12F3IO2SSi. The van der Waals surface area contributed by atoms with Crippen LogP contribution >= 0.6 is 22.6 Å². The number of rotatable bonds is 3. The average molecular weight is 372 g/mol. The summed E-state index contributed by atoms with van der Waals surface area (Å²) in [5.74, 6) is -0.959. The Morgan fingerprint density at radius 2 is 1.73 bits per heavy atom. The first kappa shape index (κ1) is 15.4. The number of halogens is 4. The van der Waals surface area contributed by atoms with Gasteiger partial charge in [0.1, 0.15) is 0 Å². The van der Waals surface area contributed by atoms with Crippen LogP contribution in [0.25, 0.3) is 0 Å². The maximum absolute atomic E-state index is 12.0. The normalized spacial score (nSPS) is 15.5. The lowest BCUT2D eigenvalue weighted by Gasteiger charge is -2.15. The van der Waals surface area contributed by atoms with Crippen LogP contribution in [0.1, 0.15) is 0 Å². The van der Waals surface area contributed by atoms with Crippen molar-refractivity contribution in [2.75, 3.05) is 5.75 Å². The summed E-state index contributed by atoms with van der Waals surface area (Å²) in [7, 11) is -6.72. The largest absolute Gasteiger partial charge is 0.497 e. The van der Waals surface area contributed by atoms with Crippen molar-refractivity contribution in [3.63, 3.8) is 0 Å². The van der Waals surface area contributed by atoms with Crippen molar-refractivity contribution in [1.82, 2.24) is 0 Å². The summed E-state index contributed by atoms with van der Waals surface area (Å²) < 4.78 is 58.1. The Bertz CT molecular complexity index is 353. The lowest BCUT2D eigenvalue weighted by atomic mass is 10.8. The van der Waals surface area contributed by atoms with E-state index in [1.807, 2.05) is 42.2 Å². The van der Waals surface area contributed by atoms with Crippen LogP contribution in [0.5, 0.6) is 0 Å². The summed E-state index contributed by atoms with van der Waals surface area (Å²) in [4.78, 5) is 0. The van der Waals surface area contributed by atoms with Gasteiger partial charge in [0.15, 0.2) is 0 Å². The Balaban J connectivity index is 4.82. The fraction of sp³-hybridized carbons (Fsp3) is 0.714. The van der Waals surface area contributed by atoms with Crippen LogP contribution < -0.4 is 0 Å². The minimum Gasteiger partial charge on any atom is -0.219 e. The van der Waals surface area contributed by atoms with Gasteiger partial charge in [-0.25, -0.2) is 8.42 Å². The van der Waals surface area contributed by atoms with Gasteiger partial charge in [0.2, 0.25) is 0 Å². The molecule has 0 rings (SSSR count). The number of alkyl halides is 3. The van der Waals surface area contributed by atoms with Gasteiger partial charge in [-0.1, -0.05) is 48.3 Å². The van der Waals surface area contributed by atoms with E-state index >= 15 is 0 Å². The molecule has 0 unspecified atom stereocenters. The van der Waals surface area contributed by atoms with Gasteiger partial charge < -0.3 is 0 Å². The molecule has 0 radical (unpaired) electrons. The van der Waals surface area contributed by atoms with Crippen LogP contribution in [0.4, 0.5) is 13.2 Å². The second kappa shape index (κ2) is 4.74. The molecule has 0 aromatic heterocycles. The van der Waals surface area contributed by atoms with Crippen molar-refractivity contribution in [2.45, 2.75) is 25.1 Å². The van der Waals surface area contributed by atoms with Crippen LogP contribution in [-0.2, 0) is 9.84 Å². The molecule has 0 aromatic carbocycles. The SMILES string of the molecule is C[Si](C)(C)/C(I)=C/CS(=O)(=O)C(F)(F)F. The molecule has 0 atom stereocenters. The summed E-state index contributed by atoms with van der Waals surface area (Å²) in [6.45, 7) is 5.81. The van der Waals surface area contributed by atoms with E-state index in [2.05, 4.69) is 0 Å². The van der Waals surface area contributed by atoms with Crippen LogP contribution in [0.3, 0.4) is 0 Å². The number of hydrogen-bond donors (Lipinski definition) is 0. The van der Waals surface area contributed by atoms with Gasteiger partial charge in [-0.05, 0) is 3.20 Å². The molecule has 8 heteroatoms. The molecule has 0 aliphatic carbocycles. The smallest absolute Gasteiger partial charge is 0.219 e. The molecule has 0 aromatic rings. The predicted octanol–water partition coefficient (Wildman–Crippen LogP) is 3.12. The van der Waals surface area contributed by atoms with Gasteiger partial charge in [-0.2, -0.15) is 13.2 Å². The van der Waals surface area contributed by atoms with Gasteiger partial charge in [-0.3, -0.25) is 0 Å². The van der Waals surface area contributed by atoms with E-state index in [0.717, 1.165) is 9.28 Å². The predicted molar refractivity (Wildman–Crippen MR) is 65.3 cm³/mol. The molecule has 0 saturated carbocycles. The Kier molecular flexibility index (Phi) is 4.87. The molecule has 2 nitrogen and oxygen atoms in total. The van der Waals surface area contributed by atoms with Crippen LogP contribution in [0.15, 0.2) is 9.28 Å². The second-order valence-electron chi connectivity index (χ2n) is 4.03. The third-order valence-electron chi connectivity index (χ3n) is 1.55. The van der Waals surface area contributed by atoms with Crippen LogP contribution in [0.2, 0.25) is 19.6 Å². The molecule has 0 heterocycles. The molecule has 0 aliphatic heterocycles. The Hall–Kier alpha value is 0.427. The molecule has 0 spiro atoms. The maximum atomic E-state index is 12.0. The lowest BCUT2D eigenvalue weighted by Crippen LogP contribution is -2.27. The highest BCUT2D eigenvalue weighted by Gasteiger charge is 2.44. The number of sulfone groups is 1. The van der Waals surface area contributed by atoms with E-state index < -0.39 is 29.2 Å². The van der Waals surface area contributed by atoms with Gasteiger partial charge in [0.25, 0.3) is 9.84 Å². The molecule has 0 fully saturated rings. The third kappa shape index (κ3) is 4.85. The van der Waals surface area contributed by atoms with Crippen LogP contribution in [0, 0.1) is 0 Å². The summed E-state index contributed by atoms with van der Waals surface area (Å²) in [5, 5.41) is 0. The van der Waals surface area contributed by atoms with E-state index in [4.69, 9.17) is 0 Å². The van der Waals surface area contributed by atoms with E-state index in [-0.39, 0.29) is 0 Å². The average Bonchev–Trinajstić information content (AvgIpc) is 1.96. The van der Waals surface area contributed by atoms with Crippen molar-refractivity contribution >= 4 is 40.5 Å². The maximum Gasteiger partial charge on any atom is 0.497 e. The van der Waals surface area contributed by atoms with Crippen LogP contribution in [-0.4, -0.2) is 27.8 Å². The first-order chi connectivity index (χ1) is 6.38. The van der Waals surface area contributed by atoms with Crippen molar-refractivity contribution in [3.8, 4) is 0 Å². The number of hydrogen-bond acceptors (Lipinski definition) is 2. The fourth-order valence-electron chi connectivity index (χ4n) is 0.584. The molecule has 0 amide bonds. The molecular weight excluding hydrogens is 360 g/mol. The summed E-state index contributed by atoms with van der Waals surface area (Å²) >= 11 is 1.91. The first-order valence-electron chi connectivity index (χ1n) is 4.03. The first-order valence-corrected chi connectivity index (χ1v) is 10.3. The van der Waals surface area contributed by atoms with Gasteiger partial charge in [0.05, 0.1) is 13.8 Å². The molecule has 0 aliphatic rings. The lowest BCUT2D eigenvalue weighted by molar-refractivity contribution is -0.0432. The molecule has 0 saturated heterocycles. The van der Waals surface area contributed by atoms with Crippen molar-refractivity contribution < 1.29 is 21.6 Å². The highest BCUT2D eigenvalue weighted by Crippen LogP contribution is 2.26. The fourth-order valence-corrected chi connectivity index (χ4v) is 2.54. The summed E-state index contributed by atoms with van der Waals surface area (Å²) in [6.07, 6.45) is 1.16. The van der Waals surface area contributed by atoms with Crippen molar-refractivity contribution in [3.05, 3.63) is 9.28 Å². The molecule has 0 bridgehead atoms. The molecule has 15 heavy (non-hydrogen) atoms. The van der Waals surface area contributed by atoms with E-state index in [9.17, 15) is 21.6 Å². The summed E-state index contributed by atoms with van der Waals surface area (Å²) in [6, 6.07) is 0. The van der Waals surface area contributed by atoms with Crippen molar-refractivity contribution in [2.24, 2.45) is 0 Å². The highest BCUT2D eigenvalue weighted by atomic mass is 127. The molecule has 90 valence electrons. The second-order valence-corrected chi connectivity index (χ2v) is 13.3. The minimum atomic E-state index is -5.15. The van der Waals surface area contributed by atoms with E-state index in [0.29, 0.717) is 0 Å². The van der Waals surface area contributed by atoms with Gasteiger partial charge >= 0.3 is 5.51 Å². The van der Waals surface area contributed by atoms with Gasteiger partial charge in [-0.15, -0.1) is 0 Å². The van der Waals surface area contributed by atoms with E-state index in [1.54, 1.807) is 0 Å². The van der Waals surface area contributed by atoms with Crippen molar-refractivity contribution in [1.29, 1.82) is 0 Å². The zero-order valence-electron chi connectivity index (χ0n) is 8.52. The Morgan fingerprint density at radius 3 is 2.00 bits per heavy atom. The van der Waals surface area contributed by atoms with Gasteiger partial charge in [0, 0.05) is 0 Å². The zero-order valence-corrected chi connectivity index (χ0v) is 12.5. The van der Waals surface area contributed by atoms with E-state index in [1.165, 1.54) is 0 Å². The minimum absolute atomic E-state index is 0.730. The zero-order chi connectivity index (χ0) is 12.5. The monoisotopic (exact) mass is 372 g/mol. The summed E-state index contributed by atoms with van der Waals surface area (Å²) in [5.41, 5.74) is -5.15. The Morgan fingerprint density at radius 1 is 1.33 bits per heavy atom. The highest BCUT2D eigenvalue weighted by molar-refractivity contribution is 14.1. The quantitative estimate of drug-likeness (QED) is 0.564.